The van der Waals surface area contributed by atoms with Crippen LogP contribution in [0.15, 0.2) is 85.0 Å². The number of ether oxygens (including phenoxy) is 6. The van der Waals surface area contributed by atoms with Crippen molar-refractivity contribution in [2.24, 2.45) is 0 Å². The van der Waals surface area contributed by atoms with Gasteiger partial charge < -0.3 is 28.4 Å². The standard InChI is InChI=1S/C34H36O10/c1-23(2)33(37)41-21-39-27-11-5-25(6-12-27)9-19-31(35)43-29-15-17-30(18-16-29)44-32(36)20-10-26-7-13-28(14-8-26)40-22-42-34(38)24(3)4/h5-14,19-20,29-30H,1,3,15-18,21-22H2,2,4H3/b19-9-,20-10-. The molecule has 0 N–H and O–H groups in total. The molecular formula is C34H36O10. The molecule has 0 bridgehead atoms. The van der Waals surface area contributed by atoms with Crippen LogP contribution in [-0.2, 0) is 38.1 Å². The molecule has 1 aliphatic carbocycles. The van der Waals surface area contributed by atoms with Crippen LogP contribution in [0.2, 0.25) is 0 Å². The Morgan fingerprint density at radius 3 is 1.30 bits per heavy atom. The zero-order chi connectivity index (χ0) is 31.9. The lowest BCUT2D eigenvalue weighted by molar-refractivity contribution is -0.151. The lowest BCUT2D eigenvalue weighted by Crippen LogP contribution is -2.29. The van der Waals surface area contributed by atoms with Crippen molar-refractivity contribution in [3.05, 3.63) is 96.1 Å². The van der Waals surface area contributed by atoms with Crippen molar-refractivity contribution in [3.8, 4) is 11.5 Å². The summed E-state index contributed by atoms with van der Waals surface area (Å²) >= 11 is 0. The van der Waals surface area contributed by atoms with E-state index < -0.39 is 23.9 Å². The van der Waals surface area contributed by atoms with E-state index >= 15 is 0 Å². The lowest BCUT2D eigenvalue weighted by Gasteiger charge is -2.27. The average molecular weight is 605 g/mol. The molecule has 1 fully saturated rings. The summed E-state index contributed by atoms with van der Waals surface area (Å²) in [7, 11) is 0. The van der Waals surface area contributed by atoms with Crippen molar-refractivity contribution in [2.45, 2.75) is 51.7 Å². The highest BCUT2D eigenvalue weighted by Crippen LogP contribution is 2.24. The number of hydrogen-bond donors (Lipinski definition) is 0. The zero-order valence-electron chi connectivity index (χ0n) is 24.8. The summed E-state index contributed by atoms with van der Waals surface area (Å²) in [5.41, 5.74) is 2.11. The van der Waals surface area contributed by atoms with Gasteiger partial charge in [0.1, 0.15) is 23.7 Å². The molecule has 0 atom stereocenters. The van der Waals surface area contributed by atoms with E-state index in [0.717, 1.165) is 11.1 Å². The van der Waals surface area contributed by atoms with Gasteiger partial charge in [-0.3, -0.25) is 0 Å². The van der Waals surface area contributed by atoms with Gasteiger partial charge in [-0.15, -0.1) is 0 Å². The normalized spacial score (nSPS) is 16.1. The third-order valence-corrected chi connectivity index (χ3v) is 6.30. The van der Waals surface area contributed by atoms with E-state index in [9.17, 15) is 19.2 Å². The van der Waals surface area contributed by atoms with Crippen LogP contribution in [-0.4, -0.2) is 49.7 Å². The van der Waals surface area contributed by atoms with Gasteiger partial charge in [0, 0.05) is 23.3 Å². The molecule has 1 saturated carbocycles. The van der Waals surface area contributed by atoms with Gasteiger partial charge >= 0.3 is 23.9 Å². The number of carbonyl (C=O) groups is 4. The maximum atomic E-state index is 12.3. The fraction of sp³-hybridized carbons (Fsp3) is 0.294. The second kappa shape index (κ2) is 17.1. The Labute approximate surface area is 256 Å². The second-order valence-electron chi connectivity index (χ2n) is 10.0. The molecule has 10 nitrogen and oxygen atoms in total. The predicted molar refractivity (Wildman–Crippen MR) is 162 cm³/mol. The summed E-state index contributed by atoms with van der Waals surface area (Å²) in [5.74, 6) is -0.948. The highest BCUT2D eigenvalue weighted by atomic mass is 16.7. The molecule has 44 heavy (non-hydrogen) atoms. The molecule has 0 heterocycles. The average Bonchev–Trinajstić information content (AvgIpc) is 3.01. The molecule has 0 unspecified atom stereocenters. The highest BCUT2D eigenvalue weighted by molar-refractivity contribution is 5.88. The van der Waals surface area contributed by atoms with Gasteiger partial charge in [0.25, 0.3) is 0 Å². The van der Waals surface area contributed by atoms with Crippen molar-refractivity contribution in [1.29, 1.82) is 0 Å². The van der Waals surface area contributed by atoms with E-state index in [1.54, 1.807) is 74.5 Å². The second-order valence-corrected chi connectivity index (χ2v) is 10.0. The smallest absolute Gasteiger partial charge is 0.335 e. The van der Waals surface area contributed by atoms with E-state index in [0.29, 0.717) is 37.2 Å². The first kappa shape index (κ1) is 33.4. The van der Waals surface area contributed by atoms with Crippen LogP contribution < -0.4 is 9.47 Å². The molecule has 10 heteroatoms. The van der Waals surface area contributed by atoms with E-state index in [1.807, 2.05) is 0 Å². The fourth-order valence-electron chi connectivity index (χ4n) is 3.90. The van der Waals surface area contributed by atoms with Crippen molar-refractivity contribution in [2.75, 3.05) is 13.6 Å². The maximum Gasteiger partial charge on any atom is 0.335 e. The Morgan fingerprint density at radius 2 is 0.977 bits per heavy atom. The quantitative estimate of drug-likeness (QED) is 0.114. The Kier molecular flexibility index (Phi) is 13.0. The minimum absolute atomic E-state index is 0.226. The van der Waals surface area contributed by atoms with Gasteiger partial charge in [0.05, 0.1) is 0 Å². The molecular weight excluding hydrogens is 568 g/mol. The van der Waals surface area contributed by atoms with Crippen molar-refractivity contribution in [1.82, 2.24) is 0 Å². The van der Waals surface area contributed by atoms with E-state index in [4.69, 9.17) is 28.4 Å². The highest BCUT2D eigenvalue weighted by Gasteiger charge is 2.25. The van der Waals surface area contributed by atoms with Gasteiger partial charge in [-0.25, -0.2) is 19.2 Å². The van der Waals surface area contributed by atoms with Gasteiger partial charge in [-0.05, 0) is 87.1 Å². The van der Waals surface area contributed by atoms with Crippen LogP contribution >= 0.6 is 0 Å². The van der Waals surface area contributed by atoms with Crippen LogP contribution in [0.4, 0.5) is 0 Å². The topological polar surface area (TPSA) is 124 Å². The number of benzene rings is 2. The summed E-state index contributed by atoms with van der Waals surface area (Å²) in [5, 5.41) is 0. The number of rotatable bonds is 14. The minimum atomic E-state index is -0.528. The first-order chi connectivity index (χ1) is 21.1. The molecule has 0 aliphatic heterocycles. The molecule has 2 aromatic rings. The maximum absolute atomic E-state index is 12.3. The van der Waals surface area contributed by atoms with Gasteiger partial charge in [0.15, 0.2) is 0 Å². The van der Waals surface area contributed by atoms with E-state index in [2.05, 4.69) is 13.2 Å². The van der Waals surface area contributed by atoms with Gasteiger partial charge in [-0.1, -0.05) is 37.4 Å². The Hall–Kier alpha value is -5.12. The molecule has 0 radical (unpaired) electrons. The molecule has 2 aromatic carbocycles. The SMILES string of the molecule is C=C(C)C(=O)OCOc1ccc(/C=C\C(=O)OC2CCC(OC(=O)/C=C\c3ccc(OCOC(=O)C(=C)C)cc3)CC2)cc1. The van der Waals surface area contributed by atoms with Crippen LogP contribution in [0.1, 0.15) is 50.7 Å². The van der Waals surface area contributed by atoms with Gasteiger partial charge in [-0.2, -0.15) is 0 Å². The summed E-state index contributed by atoms with van der Waals surface area (Å²) in [6, 6.07) is 13.8. The predicted octanol–water partition coefficient (Wildman–Crippen LogP) is 5.72. The molecule has 0 aromatic heterocycles. The van der Waals surface area contributed by atoms with Crippen LogP contribution in [0, 0.1) is 0 Å². The number of hydrogen-bond acceptors (Lipinski definition) is 10. The molecule has 0 spiro atoms. The lowest BCUT2D eigenvalue weighted by atomic mass is 9.95. The van der Waals surface area contributed by atoms with Crippen molar-refractivity contribution >= 4 is 36.0 Å². The largest absolute Gasteiger partial charge is 0.459 e. The zero-order valence-corrected chi connectivity index (χ0v) is 24.8. The Balaban J connectivity index is 1.32. The third-order valence-electron chi connectivity index (χ3n) is 6.30. The first-order valence-electron chi connectivity index (χ1n) is 14.0. The van der Waals surface area contributed by atoms with Gasteiger partial charge in [0.2, 0.25) is 13.6 Å². The van der Waals surface area contributed by atoms with Crippen LogP contribution in [0.3, 0.4) is 0 Å². The molecule has 0 amide bonds. The van der Waals surface area contributed by atoms with Crippen molar-refractivity contribution < 1.29 is 47.6 Å². The summed E-state index contributed by atoms with van der Waals surface area (Å²) in [6.07, 6.45) is 7.85. The van der Waals surface area contributed by atoms with Crippen molar-refractivity contribution in [3.63, 3.8) is 0 Å². The molecule has 0 saturated heterocycles. The fourth-order valence-corrected chi connectivity index (χ4v) is 3.90. The Bertz CT molecular complexity index is 1270. The van der Waals surface area contributed by atoms with E-state index in [1.165, 1.54) is 12.2 Å². The van der Waals surface area contributed by atoms with E-state index in [-0.39, 0.29) is 36.9 Å². The third kappa shape index (κ3) is 12.0. The summed E-state index contributed by atoms with van der Waals surface area (Å²) < 4.78 is 31.6. The summed E-state index contributed by atoms with van der Waals surface area (Å²) in [6.45, 7) is 9.64. The first-order valence-corrected chi connectivity index (χ1v) is 14.0. The molecule has 3 rings (SSSR count). The monoisotopic (exact) mass is 604 g/mol. The molecule has 1 aliphatic rings. The minimum Gasteiger partial charge on any atom is -0.459 e. The Morgan fingerprint density at radius 1 is 0.636 bits per heavy atom. The number of esters is 4. The van der Waals surface area contributed by atoms with Crippen LogP contribution in [0.5, 0.6) is 11.5 Å². The molecule has 232 valence electrons. The number of carbonyl (C=O) groups excluding carboxylic acids is 4. The summed E-state index contributed by atoms with van der Waals surface area (Å²) in [4.78, 5) is 47.3. The van der Waals surface area contributed by atoms with Crippen LogP contribution in [0.25, 0.3) is 12.2 Å².